The quantitative estimate of drug-likeness (QED) is 0.893. The molecule has 2 heterocycles. The number of carbonyl (C=O) groups is 2. The van der Waals surface area contributed by atoms with Crippen LogP contribution in [0.15, 0.2) is 24.4 Å². The topological polar surface area (TPSA) is 62.3 Å². The minimum Gasteiger partial charge on any atom is -0.348 e. The zero-order chi connectivity index (χ0) is 14.8. The van der Waals surface area contributed by atoms with Crippen LogP contribution in [0.25, 0.3) is 0 Å². The molecule has 0 spiro atoms. The monoisotopic (exact) mass is 287 g/mol. The standard InChI is InChI=1S/C16H21N3O2/c1-11(14-4-2-3-7-17-14)18-16(21)13-8-15(20)19(10-13)9-12-5-6-12/h2-4,7,11-13H,5-6,8-10H2,1H3,(H,18,21). The van der Waals surface area contributed by atoms with Gasteiger partial charge in [-0.15, -0.1) is 0 Å². The highest BCUT2D eigenvalue weighted by Gasteiger charge is 2.37. The number of hydrogen-bond acceptors (Lipinski definition) is 3. The van der Waals surface area contributed by atoms with Gasteiger partial charge in [0, 0.05) is 25.7 Å². The molecule has 2 fully saturated rings. The smallest absolute Gasteiger partial charge is 0.225 e. The minimum absolute atomic E-state index is 0.0419. The molecule has 3 rings (SSSR count). The summed E-state index contributed by atoms with van der Waals surface area (Å²) < 4.78 is 0. The fourth-order valence-corrected chi connectivity index (χ4v) is 2.77. The van der Waals surface area contributed by atoms with Crippen LogP contribution in [-0.2, 0) is 9.59 Å². The highest BCUT2D eigenvalue weighted by molar-refractivity contribution is 5.89. The van der Waals surface area contributed by atoms with Crippen molar-refractivity contribution in [1.29, 1.82) is 0 Å². The first-order valence-electron chi connectivity index (χ1n) is 7.62. The van der Waals surface area contributed by atoms with Crippen LogP contribution in [0, 0.1) is 11.8 Å². The predicted octanol–water partition coefficient (Wildman–Crippen LogP) is 1.52. The summed E-state index contributed by atoms with van der Waals surface area (Å²) in [5.74, 6) is 0.526. The molecule has 2 aliphatic rings. The Balaban J connectivity index is 1.54. The molecule has 1 saturated heterocycles. The highest BCUT2D eigenvalue weighted by atomic mass is 16.2. The maximum Gasteiger partial charge on any atom is 0.225 e. The van der Waals surface area contributed by atoms with Crippen LogP contribution in [0.3, 0.4) is 0 Å². The van der Waals surface area contributed by atoms with Crippen molar-refractivity contribution < 1.29 is 9.59 Å². The third-order valence-electron chi connectivity index (χ3n) is 4.25. The van der Waals surface area contributed by atoms with Crippen LogP contribution in [-0.4, -0.2) is 34.8 Å². The molecule has 21 heavy (non-hydrogen) atoms. The summed E-state index contributed by atoms with van der Waals surface area (Å²) in [5, 5.41) is 2.97. The van der Waals surface area contributed by atoms with Crippen LogP contribution in [0.5, 0.6) is 0 Å². The van der Waals surface area contributed by atoms with Gasteiger partial charge < -0.3 is 10.2 Å². The van der Waals surface area contributed by atoms with Gasteiger partial charge in [-0.1, -0.05) is 6.07 Å². The van der Waals surface area contributed by atoms with Crippen molar-refractivity contribution in [3.8, 4) is 0 Å². The van der Waals surface area contributed by atoms with Crippen LogP contribution in [0.1, 0.15) is 37.9 Å². The van der Waals surface area contributed by atoms with E-state index in [1.807, 2.05) is 30.0 Å². The van der Waals surface area contributed by atoms with Gasteiger partial charge >= 0.3 is 0 Å². The second-order valence-electron chi connectivity index (χ2n) is 6.13. The zero-order valence-electron chi connectivity index (χ0n) is 12.3. The first-order chi connectivity index (χ1) is 10.1. The van der Waals surface area contributed by atoms with Gasteiger partial charge in [-0.2, -0.15) is 0 Å². The average molecular weight is 287 g/mol. The molecule has 0 aromatic carbocycles. The van der Waals surface area contributed by atoms with Crippen LogP contribution in [0.2, 0.25) is 0 Å². The molecule has 1 N–H and O–H groups in total. The van der Waals surface area contributed by atoms with Gasteiger partial charge in [-0.25, -0.2) is 0 Å². The van der Waals surface area contributed by atoms with E-state index in [0.29, 0.717) is 18.9 Å². The Labute approximate surface area is 124 Å². The Morgan fingerprint density at radius 2 is 2.29 bits per heavy atom. The maximum atomic E-state index is 12.3. The summed E-state index contributed by atoms with van der Waals surface area (Å²) in [5.41, 5.74) is 0.838. The predicted molar refractivity (Wildman–Crippen MR) is 78.2 cm³/mol. The Morgan fingerprint density at radius 3 is 2.95 bits per heavy atom. The maximum absolute atomic E-state index is 12.3. The van der Waals surface area contributed by atoms with Crippen molar-refractivity contribution >= 4 is 11.8 Å². The number of aromatic nitrogens is 1. The highest BCUT2D eigenvalue weighted by Crippen LogP contribution is 2.32. The number of nitrogens with zero attached hydrogens (tertiary/aromatic N) is 2. The SMILES string of the molecule is CC(NC(=O)C1CC(=O)N(CC2CC2)C1)c1ccccn1. The number of amides is 2. The summed E-state index contributed by atoms with van der Waals surface area (Å²) in [7, 11) is 0. The molecule has 0 bridgehead atoms. The average Bonchev–Trinajstić information content (AvgIpc) is 3.23. The molecule has 1 aliphatic carbocycles. The lowest BCUT2D eigenvalue weighted by molar-refractivity contribution is -0.129. The van der Waals surface area contributed by atoms with E-state index in [1.54, 1.807) is 6.20 Å². The third-order valence-corrected chi connectivity index (χ3v) is 4.25. The molecule has 2 unspecified atom stereocenters. The number of carbonyl (C=O) groups excluding carboxylic acids is 2. The van der Waals surface area contributed by atoms with E-state index in [-0.39, 0.29) is 23.8 Å². The van der Waals surface area contributed by atoms with Gasteiger partial charge in [0.05, 0.1) is 17.7 Å². The van der Waals surface area contributed by atoms with Gasteiger partial charge in [0.2, 0.25) is 11.8 Å². The van der Waals surface area contributed by atoms with E-state index in [1.165, 1.54) is 12.8 Å². The number of likely N-dealkylation sites (tertiary alicyclic amines) is 1. The molecule has 0 radical (unpaired) electrons. The fourth-order valence-electron chi connectivity index (χ4n) is 2.77. The molecule has 2 amide bonds. The van der Waals surface area contributed by atoms with E-state index < -0.39 is 0 Å². The van der Waals surface area contributed by atoms with Crippen LogP contribution < -0.4 is 5.32 Å². The second kappa shape index (κ2) is 5.84. The number of hydrogen-bond donors (Lipinski definition) is 1. The molecular weight excluding hydrogens is 266 g/mol. The van der Waals surface area contributed by atoms with Crippen LogP contribution in [0.4, 0.5) is 0 Å². The summed E-state index contributed by atoms with van der Waals surface area (Å²) in [6, 6.07) is 5.51. The minimum atomic E-state index is -0.220. The van der Waals surface area contributed by atoms with Crippen molar-refractivity contribution in [1.82, 2.24) is 15.2 Å². The van der Waals surface area contributed by atoms with Crippen molar-refractivity contribution in [2.75, 3.05) is 13.1 Å². The lowest BCUT2D eigenvalue weighted by Gasteiger charge is -2.18. The van der Waals surface area contributed by atoms with E-state index in [4.69, 9.17) is 0 Å². The number of nitrogens with one attached hydrogen (secondary N) is 1. The number of rotatable bonds is 5. The summed E-state index contributed by atoms with van der Waals surface area (Å²) in [6.45, 7) is 3.31. The van der Waals surface area contributed by atoms with E-state index in [2.05, 4.69) is 10.3 Å². The van der Waals surface area contributed by atoms with E-state index in [0.717, 1.165) is 12.2 Å². The molecule has 5 nitrogen and oxygen atoms in total. The molecule has 5 heteroatoms. The van der Waals surface area contributed by atoms with Gasteiger partial charge in [0.25, 0.3) is 0 Å². The van der Waals surface area contributed by atoms with Crippen molar-refractivity contribution in [2.24, 2.45) is 11.8 Å². The van der Waals surface area contributed by atoms with Crippen LogP contribution >= 0.6 is 0 Å². The molecular formula is C16H21N3O2. The zero-order valence-corrected chi connectivity index (χ0v) is 12.3. The van der Waals surface area contributed by atoms with Gasteiger partial charge in [0.15, 0.2) is 0 Å². The molecule has 1 aliphatic heterocycles. The molecule has 112 valence electrons. The van der Waals surface area contributed by atoms with E-state index >= 15 is 0 Å². The molecule has 1 aromatic rings. The summed E-state index contributed by atoms with van der Waals surface area (Å²) in [6.07, 6.45) is 4.50. The molecule has 2 atom stereocenters. The Hall–Kier alpha value is -1.91. The van der Waals surface area contributed by atoms with Crippen molar-refractivity contribution in [3.63, 3.8) is 0 Å². The lowest BCUT2D eigenvalue weighted by Crippen LogP contribution is -2.35. The Kier molecular flexibility index (Phi) is 3.90. The number of pyridine rings is 1. The van der Waals surface area contributed by atoms with Gasteiger partial charge in [0.1, 0.15) is 0 Å². The van der Waals surface area contributed by atoms with Crippen molar-refractivity contribution in [2.45, 2.75) is 32.2 Å². The second-order valence-corrected chi connectivity index (χ2v) is 6.13. The van der Waals surface area contributed by atoms with Crippen molar-refractivity contribution in [3.05, 3.63) is 30.1 Å². The molecule has 1 saturated carbocycles. The Morgan fingerprint density at radius 1 is 1.48 bits per heavy atom. The third kappa shape index (κ3) is 3.40. The summed E-state index contributed by atoms with van der Waals surface area (Å²) in [4.78, 5) is 30.3. The first kappa shape index (κ1) is 14.0. The Bertz CT molecular complexity index is 528. The summed E-state index contributed by atoms with van der Waals surface area (Å²) >= 11 is 0. The molecule has 1 aromatic heterocycles. The lowest BCUT2D eigenvalue weighted by atomic mass is 10.1. The van der Waals surface area contributed by atoms with Gasteiger partial charge in [-0.05, 0) is 37.8 Å². The normalized spacial score (nSPS) is 23.2. The van der Waals surface area contributed by atoms with Gasteiger partial charge in [-0.3, -0.25) is 14.6 Å². The first-order valence-corrected chi connectivity index (χ1v) is 7.62. The largest absolute Gasteiger partial charge is 0.348 e. The van der Waals surface area contributed by atoms with E-state index in [9.17, 15) is 9.59 Å². The fraction of sp³-hybridized carbons (Fsp3) is 0.562.